The van der Waals surface area contributed by atoms with Crippen molar-refractivity contribution in [3.63, 3.8) is 0 Å². The summed E-state index contributed by atoms with van der Waals surface area (Å²) in [6, 6.07) is 6.19. The Morgan fingerprint density at radius 1 is 1.38 bits per heavy atom. The van der Waals surface area contributed by atoms with Gasteiger partial charge in [-0.15, -0.1) is 0 Å². The van der Waals surface area contributed by atoms with Crippen LogP contribution < -0.4 is 10.9 Å². The van der Waals surface area contributed by atoms with Crippen molar-refractivity contribution in [1.82, 2.24) is 10.3 Å². The zero-order valence-electron chi connectivity index (χ0n) is 8.40. The highest BCUT2D eigenvalue weighted by atomic mass is 16.3. The minimum atomic E-state index is -0.320. The molecule has 0 fully saturated rings. The van der Waals surface area contributed by atoms with Crippen molar-refractivity contribution in [3.8, 4) is 0 Å². The molecule has 0 aromatic carbocycles. The van der Waals surface area contributed by atoms with Gasteiger partial charge in [0.25, 0.3) is 5.91 Å². The second-order valence-electron chi connectivity index (χ2n) is 3.24. The molecular formula is C11H10N2O3. The molecule has 5 nitrogen and oxygen atoms in total. The molecule has 0 saturated heterocycles. The first-order chi connectivity index (χ1) is 7.75. The average Bonchev–Trinajstić information content (AvgIpc) is 2.78. The molecule has 5 heteroatoms. The van der Waals surface area contributed by atoms with Gasteiger partial charge in [-0.05, 0) is 12.1 Å². The Balaban J connectivity index is 2.01. The van der Waals surface area contributed by atoms with Gasteiger partial charge in [-0.1, -0.05) is 6.07 Å². The molecule has 2 aromatic rings. The number of hydrogen-bond donors (Lipinski definition) is 2. The van der Waals surface area contributed by atoms with Crippen LogP contribution in [0.2, 0.25) is 0 Å². The molecule has 2 heterocycles. The van der Waals surface area contributed by atoms with E-state index in [0.717, 1.165) is 5.56 Å². The summed E-state index contributed by atoms with van der Waals surface area (Å²) in [6.45, 7) is 0.367. The standard InChI is InChI=1S/C11H10N2O3/c14-10-3-1-2-9(13-10)11(15)12-6-8-4-5-16-7-8/h1-5,7H,6H2,(H,12,15)(H,13,14). The monoisotopic (exact) mass is 218 g/mol. The number of nitrogens with one attached hydrogen (secondary N) is 2. The molecule has 0 atom stereocenters. The van der Waals surface area contributed by atoms with Gasteiger partial charge in [0.1, 0.15) is 5.69 Å². The van der Waals surface area contributed by atoms with Crippen molar-refractivity contribution in [1.29, 1.82) is 0 Å². The topological polar surface area (TPSA) is 75.1 Å². The van der Waals surface area contributed by atoms with Crippen LogP contribution in [0, 0.1) is 0 Å². The van der Waals surface area contributed by atoms with Crippen LogP contribution in [-0.2, 0) is 6.54 Å². The van der Waals surface area contributed by atoms with Gasteiger partial charge in [-0.3, -0.25) is 9.59 Å². The number of aromatic amines is 1. The molecule has 0 unspecified atom stereocenters. The lowest BCUT2D eigenvalue weighted by Crippen LogP contribution is -2.25. The zero-order chi connectivity index (χ0) is 11.4. The summed E-state index contributed by atoms with van der Waals surface area (Å²) >= 11 is 0. The number of carbonyl (C=O) groups excluding carboxylic acids is 1. The number of amides is 1. The second kappa shape index (κ2) is 4.48. The van der Waals surface area contributed by atoms with Crippen LogP contribution >= 0.6 is 0 Å². The molecule has 0 aliphatic heterocycles. The minimum Gasteiger partial charge on any atom is -0.472 e. The Hall–Kier alpha value is -2.30. The lowest BCUT2D eigenvalue weighted by molar-refractivity contribution is 0.0945. The van der Waals surface area contributed by atoms with E-state index in [1.54, 1.807) is 18.4 Å². The predicted molar refractivity (Wildman–Crippen MR) is 56.9 cm³/mol. The van der Waals surface area contributed by atoms with Crippen LogP contribution in [0.4, 0.5) is 0 Å². The number of aromatic nitrogens is 1. The van der Waals surface area contributed by atoms with Crippen LogP contribution in [0.3, 0.4) is 0 Å². The average molecular weight is 218 g/mol. The molecule has 0 radical (unpaired) electrons. The number of carbonyl (C=O) groups is 1. The molecule has 0 aliphatic rings. The first-order valence-electron chi connectivity index (χ1n) is 4.74. The Morgan fingerprint density at radius 2 is 2.25 bits per heavy atom. The molecule has 0 aliphatic carbocycles. The Labute approximate surface area is 91.1 Å². The van der Waals surface area contributed by atoms with Crippen molar-refractivity contribution in [2.24, 2.45) is 0 Å². The maximum atomic E-state index is 11.6. The highest BCUT2D eigenvalue weighted by Crippen LogP contribution is 1.99. The van der Waals surface area contributed by atoms with Gasteiger partial charge >= 0.3 is 0 Å². The fraction of sp³-hybridized carbons (Fsp3) is 0.0909. The summed E-state index contributed by atoms with van der Waals surface area (Å²) < 4.78 is 4.86. The Kier molecular flexibility index (Phi) is 2.86. The molecule has 1 amide bonds. The molecule has 0 spiro atoms. The van der Waals surface area contributed by atoms with E-state index in [4.69, 9.17) is 4.42 Å². The summed E-state index contributed by atoms with van der Waals surface area (Å²) in [5.74, 6) is -0.320. The number of rotatable bonds is 3. The first-order valence-corrected chi connectivity index (χ1v) is 4.74. The van der Waals surface area contributed by atoms with E-state index < -0.39 is 0 Å². The third-order valence-electron chi connectivity index (χ3n) is 2.05. The van der Waals surface area contributed by atoms with Crippen molar-refractivity contribution in [2.45, 2.75) is 6.54 Å². The van der Waals surface area contributed by atoms with E-state index >= 15 is 0 Å². The number of furan rings is 1. The Morgan fingerprint density at radius 3 is 2.94 bits per heavy atom. The zero-order valence-corrected chi connectivity index (χ0v) is 8.40. The van der Waals surface area contributed by atoms with E-state index in [9.17, 15) is 9.59 Å². The SMILES string of the molecule is O=C(NCc1ccoc1)c1cccc(=O)[nH]1. The maximum Gasteiger partial charge on any atom is 0.268 e. The van der Waals surface area contributed by atoms with Gasteiger partial charge < -0.3 is 14.7 Å². The predicted octanol–water partition coefficient (Wildman–Crippen LogP) is 0.898. The van der Waals surface area contributed by atoms with Gasteiger partial charge in [0.15, 0.2) is 0 Å². The van der Waals surface area contributed by atoms with Crippen molar-refractivity contribution < 1.29 is 9.21 Å². The fourth-order valence-corrected chi connectivity index (χ4v) is 1.25. The third-order valence-corrected chi connectivity index (χ3v) is 2.05. The molecular weight excluding hydrogens is 208 g/mol. The molecule has 16 heavy (non-hydrogen) atoms. The van der Waals surface area contributed by atoms with Gasteiger partial charge in [0.2, 0.25) is 5.56 Å². The van der Waals surface area contributed by atoms with E-state index in [1.165, 1.54) is 18.4 Å². The summed E-state index contributed by atoms with van der Waals surface area (Å²) in [5.41, 5.74) is 0.818. The molecule has 2 N–H and O–H groups in total. The number of hydrogen-bond acceptors (Lipinski definition) is 3. The van der Waals surface area contributed by atoms with Crippen molar-refractivity contribution in [2.75, 3.05) is 0 Å². The maximum absolute atomic E-state index is 11.6. The van der Waals surface area contributed by atoms with Crippen LogP contribution in [0.25, 0.3) is 0 Å². The van der Waals surface area contributed by atoms with Gasteiger partial charge in [0.05, 0.1) is 12.5 Å². The summed E-state index contributed by atoms with van der Waals surface area (Å²) in [5, 5.41) is 2.66. The third kappa shape index (κ3) is 2.38. The van der Waals surface area contributed by atoms with Gasteiger partial charge in [-0.2, -0.15) is 0 Å². The van der Waals surface area contributed by atoms with Crippen molar-refractivity contribution >= 4 is 5.91 Å². The highest BCUT2D eigenvalue weighted by Gasteiger charge is 2.05. The summed E-state index contributed by atoms with van der Waals surface area (Å²) in [7, 11) is 0. The first kappa shape index (κ1) is 10.2. The van der Waals surface area contributed by atoms with Gasteiger partial charge in [0, 0.05) is 18.2 Å². The van der Waals surface area contributed by atoms with Gasteiger partial charge in [-0.25, -0.2) is 0 Å². The van der Waals surface area contributed by atoms with E-state index in [2.05, 4.69) is 10.3 Å². The van der Waals surface area contributed by atoms with Crippen LogP contribution in [0.5, 0.6) is 0 Å². The van der Waals surface area contributed by atoms with Crippen LogP contribution in [-0.4, -0.2) is 10.9 Å². The molecule has 0 bridgehead atoms. The van der Waals surface area contributed by atoms with E-state index in [-0.39, 0.29) is 17.2 Å². The molecule has 2 rings (SSSR count). The Bertz CT molecular complexity index is 528. The number of H-pyrrole nitrogens is 1. The molecule has 0 saturated carbocycles. The largest absolute Gasteiger partial charge is 0.472 e. The van der Waals surface area contributed by atoms with E-state index in [0.29, 0.717) is 6.54 Å². The van der Waals surface area contributed by atoms with E-state index in [1.807, 2.05) is 0 Å². The second-order valence-corrected chi connectivity index (χ2v) is 3.24. The summed E-state index contributed by atoms with van der Waals surface area (Å²) in [4.78, 5) is 25.0. The molecule has 82 valence electrons. The lowest BCUT2D eigenvalue weighted by Gasteiger charge is -2.02. The lowest BCUT2D eigenvalue weighted by atomic mass is 10.3. The number of pyridine rings is 1. The normalized spacial score (nSPS) is 10.0. The smallest absolute Gasteiger partial charge is 0.268 e. The van der Waals surface area contributed by atoms with Crippen LogP contribution in [0.15, 0.2) is 46.0 Å². The highest BCUT2D eigenvalue weighted by molar-refractivity contribution is 5.92. The quantitative estimate of drug-likeness (QED) is 0.803. The minimum absolute atomic E-state index is 0.246. The fourth-order valence-electron chi connectivity index (χ4n) is 1.25. The molecule has 2 aromatic heterocycles. The van der Waals surface area contributed by atoms with Crippen LogP contribution in [0.1, 0.15) is 16.1 Å². The summed E-state index contributed by atoms with van der Waals surface area (Å²) in [6.07, 6.45) is 3.08. The van der Waals surface area contributed by atoms with Crippen molar-refractivity contribution in [3.05, 3.63) is 58.4 Å².